The Hall–Kier alpha value is -5.43. The molecule has 0 atom stereocenters. The number of hydrogen-bond acceptors (Lipinski definition) is 2. The van der Waals surface area contributed by atoms with Gasteiger partial charge in [0.25, 0.3) is 0 Å². The highest BCUT2D eigenvalue weighted by Gasteiger charge is 2.30. The Labute approximate surface area is 263 Å². The number of rotatable bonds is 5. The van der Waals surface area contributed by atoms with Crippen molar-refractivity contribution >= 4 is 45.4 Å². The molecule has 0 unspecified atom stereocenters. The van der Waals surface area contributed by atoms with E-state index in [1.807, 2.05) is 36.9 Å². The Morgan fingerprint density at radius 2 is 0.911 bits per heavy atom. The number of fused-ring (bicyclic) bond motifs is 4. The molecule has 0 spiro atoms. The molecule has 0 saturated heterocycles. The molecule has 2 heterocycles. The van der Waals surface area contributed by atoms with E-state index in [-0.39, 0.29) is 0 Å². The number of nitrogens with zero attached hydrogens (tertiary/aromatic N) is 2. The first-order chi connectivity index (χ1) is 22.4. The van der Waals surface area contributed by atoms with Crippen molar-refractivity contribution < 1.29 is 0 Å². The Morgan fingerprint density at radius 3 is 1.44 bits per heavy atom. The van der Waals surface area contributed by atoms with Gasteiger partial charge < -0.3 is 0 Å². The van der Waals surface area contributed by atoms with Crippen LogP contribution in [0.1, 0.15) is 0 Å². The minimum Gasteiger partial charge on any atom is -0.264 e. The van der Waals surface area contributed by atoms with Gasteiger partial charge in [-0.05, 0) is 91.4 Å². The van der Waals surface area contributed by atoms with Crippen molar-refractivity contribution in [2.45, 2.75) is 0 Å². The van der Waals surface area contributed by atoms with Crippen molar-refractivity contribution in [2.24, 2.45) is 0 Å². The second-order valence-electron chi connectivity index (χ2n) is 11.4. The van der Waals surface area contributed by atoms with Gasteiger partial charge in [0.15, 0.2) is 0 Å². The Balaban J connectivity index is 1.32. The number of hydrogen-bond donors (Lipinski definition) is 0. The minimum absolute atomic E-state index is 0.793. The zero-order valence-electron chi connectivity index (χ0n) is 24.4. The van der Waals surface area contributed by atoms with Crippen molar-refractivity contribution in [3.05, 3.63) is 164 Å². The van der Waals surface area contributed by atoms with Crippen LogP contribution in [-0.2, 0) is 0 Å². The maximum Gasteiger partial charge on any atom is 0.0351 e. The van der Waals surface area contributed by atoms with Crippen LogP contribution in [0.3, 0.4) is 0 Å². The van der Waals surface area contributed by atoms with Gasteiger partial charge in [0.1, 0.15) is 0 Å². The molecular formula is C42H27N2P. The van der Waals surface area contributed by atoms with Crippen LogP contribution in [0.4, 0.5) is 0 Å². The second kappa shape index (κ2) is 10.6. The predicted molar refractivity (Wildman–Crippen MR) is 191 cm³/mol. The first-order valence-electron chi connectivity index (χ1n) is 15.2. The molecule has 8 aromatic rings. The lowest BCUT2D eigenvalue weighted by Crippen LogP contribution is -2.21. The number of benzene rings is 6. The van der Waals surface area contributed by atoms with Crippen LogP contribution in [-0.4, -0.2) is 9.97 Å². The maximum absolute atomic E-state index is 4.46. The number of pyridine rings is 2. The molecular weight excluding hydrogens is 563 g/mol. The monoisotopic (exact) mass is 590 g/mol. The molecule has 2 nitrogen and oxygen atoms in total. The second-order valence-corrected chi connectivity index (χ2v) is 13.6. The van der Waals surface area contributed by atoms with E-state index >= 15 is 0 Å². The molecule has 0 saturated carbocycles. The summed E-state index contributed by atoms with van der Waals surface area (Å²) in [5.41, 5.74) is 10.4. The molecule has 0 amide bonds. The largest absolute Gasteiger partial charge is 0.264 e. The van der Waals surface area contributed by atoms with E-state index in [0.717, 1.165) is 0 Å². The number of aromatic nitrogens is 2. The molecule has 45 heavy (non-hydrogen) atoms. The van der Waals surface area contributed by atoms with Crippen molar-refractivity contribution in [1.82, 2.24) is 9.97 Å². The van der Waals surface area contributed by atoms with Crippen LogP contribution < -0.4 is 15.9 Å². The molecule has 1 aliphatic carbocycles. The molecule has 2 aromatic heterocycles. The van der Waals surface area contributed by atoms with Crippen LogP contribution in [0.15, 0.2) is 164 Å². The van der Waals surface area contributed by atoms with Crippen molar-refractivity contribution in [3.8, 4) is 44.5 Å². The van der Waals surface area contributed by atoms with E-state index < -0.39 is 7.92 Å². The van der Waals surface area contributed by atoms with Gasteiger partial charge in [0.05, 0.1) is 0 Å². The Bertz CT molecular complexity index is 2310. The summed E-state index contributed by atoms with van der Waals surface area (Å²) in [7, 11) is -0.793. The van der Waals surface area contributed by atoms with Crippen LogP contribution in [0.5, 0.6) is 0 Å². The van der Waals surface area contributed by atoms with Gasteiger partial charge in [-0.25, -0.2) is 0 Å². The van der Waals surface area contributed by atoms with E-state index in [9.17, 15) is 0 Å². The van der Waals surface area contributed by atoms with E-state index in [1.165, 1.54) is 82.0 Å². The molecule has 0 bridgehead atoms. The highest BCUT2D eigenvalue weighted by atomic mass is 31.1. The van der Waals surface area contributed by atoms with Crippen molar-refractivity contribution in [3.63, 3.8) is 0 Å². The lowest BCUT2D eigenvalue weighted by atomic mass is 9.82. The molecule has 6 aromatic carbocycles. The Kier molecular flexibility index (Phi) is 6.14. The van der Waals surface area contributed by atoms with E-state index in [1.54, 1.807) is 0 Å². The molecule has 3 heteroatoms. The highest BCUT2D eigenvalue weighted by molar-refractivity contribution is 7.79. The Morgan fingerprint density at radius 1 is 0.378 bits per heavy atom. The molecule has 0 aliphatic heterocycles. The first kappa shape index (κ1) is 26.0. The van der Waals surface area contributed by atoms with Crippen LogP contribution in [0.25, 0.3) is 66.1 Å². The fourth-order valence-corrected chi connectivity index (χ4v) is 9.31. The lowest BCUT2D eigenvalue weighted by molar-refractivity contribution is 1.34. The van der Waals surface area contributed by atoms with E-state index in [0.29, 0.717) is 0 Å². The maximum atomic E-state index is 4.46. The van der Waals surface area contributed by atoms with Gasteiger partial charge in [0, 0.05) is 35.4 Å². The summed E-state index contributed by atoms with van der Waals surface area (Å²) in [5.74, 6) is 0. The summed E-state index contributed by atoms with van der Waals surface area (Å²) in [4.78, 5) is 8.92. The first-order valence-corrected chi connectivity index (χ1v) is 16.6. The van der Waals surface area contributed by atoms with Gasteiger partial charge in [-0.15, -0.1) is 0 Å². The average molecular weight is 591 g/mol. The zero-order valence-corrected chi connectivity index (χ0v) is 25.3. The molecule has 0 fully saturated rings. The SMILES string of the molecule is c1ccc(-c2c3c(c(-c4ccc(P(c5cccnc5)c5cccnc5)cc4)c4ccccc24)-c2cccc4cccc-3c24)cc1. The van der Waals surface area contributed by atoms with Gasteiger partial charge in [0.2, 0.25) is 0 Å². The highest BCUT2D eigenvalue weighted by Crippen LogP contribution is 2.57. The zero-order chi connectivity index (χ0) is 29.7. The third-order valence-electron chi connectivity index (χ3n) is 8.94. The summed E-state index contributed by atoms with van der Waals surface area (Å²) in [6.45, 7) is 0. The summed E-state index contributed by atoms with van der Waals surface area (Å²) < 4.78 is 0. The van der Waals surface area contributed by atoms with Gasteiger partial charge in [-0.3, -0.25) is 9.97 Å². The third kappa shape index (κ3) is 4.14. The van der Waals surface area contributed by atoms with Crippen LogP contribution >= 0.6 is 7.92 Å². The fraction of sp³-hybridized carbons (Fsp3) is 0. The van der Waals surface area contributed by atoms with Crippen LogP contribution in [0.2, 0.25) is 0 Å². The van der Waals surface area contributed by atoms with Gasteiger partial charge >= 0.3 is 0 Å². The summed E-state index contributed by atoms with van der Waals surface area (Å²) in [6, 6.07) is 51.0. The third-order valence-corrected chi connectivity index (χ3v) is 11.3. The summed E-state index contributed by atoms with van der Waals surface area (Å²) in [6.07, 6.45) is 7.67. The van der Waals surface area contributed by atoms with Gasteiger partial charge in [-0.2, -0.15) is 0 Å². The van der Waals surface area contributed by atoms with Crippen molar-refractivity contribution in [1.29, 1.82) is 0 Å². The van der Waals surface area contributed by atoms with Gasteiger partial charge in [-0.1, -0.05) is 127 Å². The lowest BCUT2D eigenvalue weighted by Gasteiger charge is -2.22. The minimum atomic E-state index is -0.793. The van der Waals surface area contributed by atoms with E-state index in [2.05, 4.69) is 137 Å². The quantitative estimate of drug-likeness (QED) is 0.187. The average Bonchev–Trinajstić information content (AvgIpc) is 3.44. The molecule has 1 aliphatic rings. The van der Waals surface area contributed by atoms with Crippen molar-refractivity contribution in [2.75, 3.05) is 0 Å². The fourth-order valence-electron chi connectivity index (χ4n) is 7.14. The molecule has 0 N–H and O–H groups in total. The van der Waals surface area contributed by atoms with E-state index in [4.69, 9.17) is 0 Å². The normalized spacial score (nSPS) is 11.8. The summed E-state index contributed by atoms with van der Waals surface area (Å²) in [5, 5.41) is 8.89. The topological polar surface area (TPSA) is 25.8 Å². The predicted octanol–water partition coefficient (Wildman–Crippen LogP) is 9.52. The molecule has 0 radical (unpaired) electrons. The summed E-state index contributed by atoms with van der Waals surface area (Å²) >= 11 is 0. The smallest absolute Gasteiger partial charge is 0.0351 e. The standard InChI is InChI=1S/C42H27N2P/c1-2-10-29(11-3-1)39-34-16-4-5-17-35(34)40(42-37-19-7-13-28-12-6-18-36(38(28)37)41(39)42)30-20-22-31(23-21-30)45(32-14-8-24-43-26-32)33-15-9-25-44-27-33/h1-27H. The molecule has 9 rings (SSSR count). The van der Waals surface area contributed by atoms with Crippen LogP contribution in [0, 0.1) is 0 Å². The molecule has 210 valence electrons.